The van der Waals surface area contributed by atoms with Crippen LogP contribution in [0.15, 0.2) is 46.7 Å². The standard InChI is InChI=1S/C19H26N2O3S2/c1-2-24-18-7-3-4-8-19(18)26(22,23)20-14-16-9-11-21(12-10-16)15-17-6-5-13-25-17/h3-8,13,16,20H,2,9-12,14-15H2,1H3. The van der Waals surface area contributed by atoms with E-state index in [1.54, 1.807) is 35.6 Å². The normalized spacial score (nSPS) is 16.7. The highest BCUT2D eigenvalue weighted by Crippen LogP contribution is 2.24. The van der Waals surface area contributed by atoms with Crippen LogP contribution in [0, 0.1) is 5.92 Å². The first kappa shape index (κ1) is 19.4. The number of nitrogens with zero attached hydrogens (tertiary/aromatic N) is 1. The number of hydrogen-bond donors (Lipinski definition) is 1. The van der Waals surface area contributed by atoms with E-state index in [1.165, 1.54) is 4.88 Å². The molecule has 0 atom stereocenters. The highest BCUT2D eigenvalue weighted by atomic mass is 32.2. The molecule has 5 nitrogen and oxygen atoms in total. The molecule has 7 heteroatoms. The zero-order valence-corrected chi connectivity index (χ0v) is 16.7. The van der Waals surface area contributed by atoms with Gasteiger partial charge in [0.2, 0.25) is 10.0 Å². The lowest BCUT2D eigenvalue weighted by atomic mass is 9.97. The number of nitrogens with one attached hydrogen (secondary N) is 1. The molecule has 0 unspecified atom stereocenters. The van der Waals surface area contributed by atoms with Crippen molar-refractivity contribution in [3.05, 3.63) is 46.7 Å². The summed E-state index contributed by atoms with van der Waals surface area (Å²) in [6, 6.07) is 11.0. The summed E-state index contributed by atoms with van der Waals surface area (Å²) in [5.74, 6) is 0.789. The van der Waals surface area contributed by atoms with Crippen molar-refractivity contribution in [2.24, 2.45) is 5.92 Å². The van der Waals surface area contributed by atoms with E-state index in [0.29, 0.717) is 24.8 Å². The number of piperidine rings is 1. The van der Waals surface area contributed by atoms with E-state index in [4.69, 9.17) is 4.74 Å². The molecule has 2 aromatic rings. The molecule has 0 aliphatic carbocycles. The molecular weight excluding hydrogens is 368 g/mol. The molecule has 2 heterocycles. The second-order valence-corrected chi connectivity index (χ2v) is 9.30. The average Bonchev–Trinajstić information content (AvgIpc) is 3.15. The third kappa shape index (κ3) is 5.07. The molecule has 0 bridgehead atoms. The van der Waals surface area contributed by atoms with Crippen molar-refractivity contribution in [2.75, 3.05) is 26.2 Å². The molecule has 0 saturated carbocycles. The second kappa shape index (κ2) is 8.99. The van der Waals surface area contributed by atoms with Crippen LogP contribution in [-0.2, 0) is 16.6 Å². The van der Waals surface area contributed by atoms with E-state index >= 15 is 0 Å². The fourth-order valence-corrected chi connectivity index (χ4v) is 5.23. The molecule has 1 aliphatic rings. The maximum Gasteiger partial charge on any atom is 0.244 e. The average molecular weight is 395 g/mol. The van der Waals surface area contributed by atoms with Crippen LogP contribution in [0.25, 0.3) is 0 Å². The van der Waals surface area contributed by atoms with Gasteiger partial charge in [-0.25, -0.2) is 13.1 Å². The number of likely N-dealkylation sites (tertiary alicyclic amines) is 1. The summed E-state index contributed by atoms with van der Waals surface area (Å²) in [6.45, 7) is 5.79. The SMILES string of the molecule is CCOc1ccccc1S(=O)(=O)NCC1CCN(Cc2cccs2)CC1. The number of hydrogen-bond acceptors (Lipinski definition) is 5. The number of benzene rings is 1. The predicted molar refractivity (Wildman–Crippen MR) is 105 cm³/mol. The Hall–Kier alpha value is -1.41. The van der Waals surface area contributed by atoms with Gasteiger partial charge in [-0.3, -0.25) is 4.90 Å². The van der Waals surface area contributed by atoms with Crippen molar-refractivity contribution in [1.82, 2.24) is 9.62 Å². The zero-order chi connectivity index (χ0) is 18.4. The molecule has 1 N–H and O–H groups in total. The van der Waals surface area contributed by atoms with Crippen molar-refractivity contribution in [1.29, 1.82) is 0 Å². The lowest BCUT2D eigenvalue weighted by Gasteiger charge is -2.31. The lowest BCUT2D eigenvalue weighted by Crippen LogP contribution is -2.38. The van der Waals surface area contributed by atoms with Gasteiger partial charge in [0.25, 0.3) is 0 Å². The molecule has 1 saturated heterocycles. The third-order valence-electron chi connectivity index (χ3n) is 4.67. The first-order chi connectivity index (χ1) is 12.6. The summed E-state index contributed by atoms with van der Waals surface area (Å²) in [4.78, 5) is 4.05. The Balaban J connectivity index is 1.51. The Labute approximate surface area is 160 Å². The Morgan fingerprint density at radius 1 is 1.19 bits per heavy atom. The minimum absolute atomic E-state index is 0.219. The molecule has 1 aliphatic heterocycles. The molecule has 0 radical (unpaired) electrons. The minimum atomic E-state index is -3.55. The molecule has 142 valence electrons. The van der Waals surface area contributed by atoms with Gasteiger partial charge < -0.3 is 4.74 Å². The van der Waals surface area contributed by atoms with Crippen LogP contribution in [0.1, 0.15) is 24.6 Å². The number of rotatable bonds is 8. The Kier molecular flexibility index (Phi) is 6.69. The molecule has 0 spiro atoms. The molecule has 3 rings (SSSR count). The van der Waals surface area contributed by atoms with E-state index in [9.17, 15) is 8.42 Å². The first-order valence-electron chi connectivity index (χ1n) is 9.04. The second-order valence-electron chi connectivity index (χ2n) is 6.53. The lowest BCUT2D eigenvalue weighted by molar-refractivity contribution is 0.180. The van der Waals surface area contributed by atoms with E-state index < -0.39 is 10.0 Å². The van der Waals surface area contributed by atoms with E-state index in [-0.39, 0.29) is 4.90 Å². The Morgan fingerprint density at radius 3 is 2.65 bits per heavy atom. The number of ether oxygens (including phenoxy) is 1. The maximum atomic E-state index is 12.6. The number of para-hydroxylation sites is 1. The summed E-state index contributed by atoms with van der Waals surface area (Å²) in [6.07, 6.45) is 2.03. The predicted octanol–water partition coefficient (Wildman–Crippen LogP) is 3.34. The van der Waals surface area contributed by atoms with E-state index in [1.807, 2.05) is 6.92 Å². The number of sulfonamides is 1. The molecule has 26 heavy (non-hydrogen) atoms. The van der Waals surface area contributed by atoms with Crippen LogP contribution in [0.2, 0.25) is 0 Å². The third-order valence-corrected chi connectivity index (χ3v) is 6.99. The van der Waals surface area contributed by atoms with Crippen LogP contribution in [0.5, 0.6) is 5.75 Å². The summed E-state index contributed by atoms with van der Waals surface area (Å²) >= 11 is 1.79. The maximum absolute atomic E-state index is 12.6. The van der Waals surface area contributed by atoms with Gasteiger partial charge in [-0.15, -0.1) is 11.3 Å². The van der Waals surface area contributed by atoms with Crippen LogP contribution < -0.4 is 9.46 Å². The zero-order valence-electron chi connectivity index (χ0n) is 15.1. The van der Waals surface area contributed by atoms with Gasteiger partial charge in [0, 0.05) is 18.0 Å². The largest absolute Gasteiger partial charge is 0.492 e. The van der Waals surface area contributed by atoms with Crippen LogP contribution in [0.3, 0.4) is 0 Å². The summed E-state index contributed by atoms with van der Waals surface area (Å²) < 4.78 is 33.5. The Bertz CT molecular complexity index is 783. The topological polar surface area (TPSA) is 58.6 Å². The quantitative estimate of drug-likeness (QED) is 0.746. The van der Waals surface area contributed by atoms with Crippen molar-refractivity contribution in [3.63, 3.8) is 0 Å². The summed E-state index contributed by atoms with van der Waals surface area (Å²) in [5.41, 5.74) is 0. The van der Waals surface area contributed by atoms with Crippen molar-refractivity contribution in [2.45, 2.75) is 31.2 Å². The van der Waals surface area contributed by atoms with Crippen molar-refractivity contribution < 1.29 is 13.2 Å². The van der Waals surface area contributed by atoms with Crippen LogP contribution in [-0.4, -0.2) is 39.6 Å². The molecule has 0 amide bonds. The van der Waals surface area contributed by atoms with Gasteiger partial charge in [0.1, 0.15) is 10.6 Å². The summed E-state index contributed by atoms with van der Waals surface area (Å²) in [5, 5.41) is 2.11. The van der Waals surface area contributed by atoms with Crippen LogP contribution in [0.4, 0.5) is 0 Å². The Morgan fingerprint density at radius 2 is 1.96 bits per heavy atom. The van der Waals surface area contributed by atoms with Gasteiger partial charge in [-0.1, -0.05) is 18.2 Å². The van der Waals surface area contributed by atoms with Crippen molar-refractivity contribution in [3.8, 4) is 5.75 Å². The number of thiophene rings is 1. The highest BCUT2D eigenvalue weighted by molar-refractivity contribution is 7.89. The highest BCUT2D eigenvalue weighted by Gasteiger charge is 2.24. The monoisotopic (exact) mass is 394 g/mol. The molecule has 1 fully saturated rings. The fourth-order valence-electron chi connectivity index (χ4n) is 3.22. The van der Waals surface area contributed by atoms with E-state index in [2.05, 4.69) is 27.1 Å². The van der Waals surface area contributed by atoms with E-state index in [0.717, 1.165) is 32.5 Å². The minimum Gasteiger partial charge on any atom is -0.492 e. The first-order valence-corrected chi connectivity index (χ1v) is 11.4. The molecule has 1 aromatic carbocycles. The van der Waals surface area contributed by atoms with Gasteiger partial charge >= 0.3 is 0 Å². The molecular formula is C19H26N2O3S2. The summed E-state index contributed by atoms with van der Waals surface area (Å²) in [7, 11) is -3.55. The van der Waals surface area contributed by atoms with Gasteiger partial charge in [-0.2, -0.15) is 0 Å². The van der Waals surface area contributed by atoms with Gasteiger partial charge in [-0.05, 0) is 62.4 Å². The fraction of sp³-hybridized carbons (Fsp3) is 0.474. The van der Waals surface area contributed by atoms with Crippen molar-refractivity contribution >= 4 is 21.4 Å². The smallest absolute Gasteiger partial charge is 0.244 e. The van der Waals surface area contributed by atoms with Gasteiger partial charge in [0.15, 0.2) is 0 Å². The molecule has 1 aromatic heterocycles. The van der Waals surface area contributed by atoms with Gasteiger partial charge in [0.05, 0.1) is 6.61 Å². The van der Waals surface area contributed by atoms with Crippen LogP contribution >= 0.6 is 11.3 Å².